The van der Waals surface area contributed by atoms with E-state index in [1.165, 1.54) is 30.4 Å². The molecule has 24 heavy (non-hydrogen) atoms. The minimum absolute atomic E-state index is 0.222. The van der Waals surface area contributed by atoms with E-state index in [4.69, 9.17) is 4.43 Å². The molecule has 0 aliphatic heterocycles. The van der Waals surface area contributed by atoms with E-state index in [-0.39, 0.29) is 10.6 Å². The van der Waals surface area contributed by atoms with Gasteiger partial charge >= 0.3 is 0 Å². The predicted molar refractivity (Wildman–Crippen MR) is 107 cm³/mol. The highest BCUT2D eigenvalue weighted by Gasteiger charge is 2.44. The van der Waals surface area contributed by atoms with Gasteiger partial charge in [-0.25, -0.2) is 0 Å². The first kappa shape index (κ1) is 19.3. The minimum atomic E-state index is -1.83. The summed E-state index contributed by atoms with van der Waals surface area (Å²) in [5.74, 6) is 7.03. The fourth-order valence-corrected chi connectivity index (χ4v) is 4.56. The molecule has 1 aromatic rings. The van der Waals surface area contributed by atoms with Gasteiger partial charge in [-0.2, -0.15) is 0 Å². The molecule has 2 rings (SSSR count). The summed E-state index contributed by atoms with van der Waals surface area (Å²) in [5.41, 5.74) is 3.51. The lowest BCUT2D eigenvalue weighted by Gasteiger charge is -2.45. The molecule has 0 heterocycles. The minimum Gasteiger partial charge on any atom is -0.401 e. The second-order valence-electron chi connectivity index (χ2n) is 8.97. The molecule has 1 nitrogen and oxygen atoms in total. The number of hydrogen-bond donors (Lipinski definition) is 0. The maximum atomic E-state index is 6.87. The molecule has 1 aromatic carbocycles. The Morgan fingerprint density at radius 2 is 1.62 bits per heavy atom. The summed E-state index contributed by atoms with van der Waals surface area (Å²) in [4.78, 5) is 0. The third kappa shape index (κ3) is 4.52. The van der Waals surface area contributed by atoms with Crippen LogP contribution in [-0.2, 0) is 4.43 Å². The third-order valence-corrected chi connectivity index (χ3v) is 10.4. The lowest BCUT2D eigenvalue weighted by atomic mass is 9.85. The Morgan fingerprint density at radius 1 is 1.00 bits per heavy atom. The van der Waals surface area contributed by atoms with Gasteiger partial charge in [-0.3, -0.25) is 0 Å². The maximum absolute atomic E-state index is 6.87. The summed E-state index contributed by atoms with van der Waals surface area (Å²) in [6, 6.07) is 6.50. The van der Waals surface area contributed by atoms with E-state index < -0.39 is 8.32 Å². The normalized spacial score (nSPS) is 18.0. The highest BCUT2D eigenvalue weighted by Crippen LogP contribution is 2.42. The maximum Gasteiger partial charge on any atom is 0.194 e. The quantitative estimate of drug-likeness (QED) is 0.447. The lowest BCUT2D eigenvalue weighted by Crippen LogP contribution is -2.50. The van der Waals surface area contributed by atoms with Crippen LogP contribution in [0.1, 0.15) is 69.6 Å². The van der Waals surface area contributed by atoms with Crippen molar-refractivity contribution in [2.24, 2.45) is 0 Å². The van der Waals surface area contributed by atoms with Crippen molar-refractivity contribution in [3.8, 4) is 11.8 Å². The monoisotopic (exact) mass is 342 g/mol. The van der Waals surface area contributed by atoms with E-state index in [1.807, 2.05) is 0 Å². The van der Waals surface area contributed by atoms with Crippen molar-refractivity contribution in [2.75, 3.05) is 0 Å². The average molecular weight is 343 g/mol. The van der Waals surface area contributed by atoms with Gasteiger partial charge in [0.25, 0.3) is 0 Å². The van der Waals surface area contributed by atoms with Gasteiger partial charge < -0.3 is 4.43 Å². The van der Waals surface area contributed by atoms with Crippen LogP contribution in [0.2, 0.25) is 18.1 Å². The number of benzene rings is 1. The van der Waals surface area contributed by atoms with Crippen LogP contribution in [0.4, 0.5) is 0 Å². The molecule has 132 valence electrons. The first-order chi connectivity index (χ1) is 11.0. The Hall–Kier alpha value is -1.04. The van der Waals surface area contributed by atoms with Crippen LogP contribution in [0.25, 0.3) is 0 Å². The molecule has 0 atom stereocenters. The molecule has 1 aliphatic rings. The molecule has 0 aromatic heterocycles. The Balaban J connectivity index is 2.32. The van der Waals surface area contributed by atoms with Crippen molar-refractivity contribution in [3.05, 3.63) is 34.9 Å². The van der Waals surface area contributed by atoms with Gasteiger partial charge in [-0.1, -0.05) is 45.1 Å². The fraction of sp³-hybridized carbons (Fsp3) is 0.636. The summed E-state index contributed by atoms with van der Waals surface area (Å²) in [6.45, 7) is 15.9. The summed E-state index contributed by atoms with van der Waals surface area (Å²) in [6.07, 6.45) is 5.94. The van der Waals surface area contributed by atoms with Crippen molar-refractivity contribution in [2.45, 2.75) is 90.5 Å². The molecular weight excluding hydrogens is 308 g/mol. The van der Waals surface area contributed by atoms with Crippen LogP contribution >= 0.6 is 0 Å². The first-order valence-electron chi connectivity index (χ1n) is 9.35. The van der Waals surface area contributed by atoms with Crippen LogP contribution < -0.4 is 0 Å². The smallest absolute Gasteiger partial charge is 0.194 e. The molecule has 1 saturated carbocycles. The van der Waals surface area contributed by atoms with Crippen LogP contribution in [0.5, 0.6) is 0 Å². The summed E-state index contributed by atoms with van der Waals surface area (Å²) in [7, 11) is -1.83. The summed E-state index contributed by atoms with van der Waals surface area (Å²) < 4.78 is 6.87. The molecule has 0 N–H and O–H groups in total. The van der Waals surface area contributed by atoms with E-state index >= 15 is 0 Å². The summed E-state index contributed by atoms with van der Waals surface area (Å²) >= 11 is 0. The lowest BCUT2D eigenvalue weighted by molar-refractivity contribution is 0.0718. The van der Waals surface area contributed by atoms with Gasteiger partial charge in [-0.05, 0) is 80.9 Å². The number of hydrogen-bond acceptors (Lipinski definition) is 1. The van der Waals surface area contributed by atoms with Crippen molar-refractivity contribution >= 4 is 8.32 Å². The molecule has 0 saturated heterocycles. The zero-order valence-corrected chi connectivity index (χ0v) is 17.7. The molecular formula is C22H34OSi. The molecule has 1 aliphatic carbocycles. The molecule has 0 bridgehead atoms. The topological polar surface area (TPSA) is 9.23 Å². The second-order valence-corrected chi connectivity index (χ2v) is 13.7. The van der Waals surface area contributed by atoms with Gasteiger partial charge in [0.1, 0.15) is 5.60 Å². The van der Waals surface area contributed by atoms with Gasteiger partial charge in [0, 0.05) is 5.56 Å². The van der Waals surface area contributed by atoms with Crippen LogP contribution in [0.15, 0.2) is 18.2 Å². The first-order valence-corrected chi connectivity index (χ1v) is 12.3. The SMILES string of the molecule is Cc1ccc(C#CC2(O[Si](C)(C)C(C)(C)C)CCCCC2)cc1C. The van der Waals surface area contributed by atoms with Crippen molar-refractivity contribution in [1.29, 1.82) is 0 Å². The Labute approximate surface area is 150 Å². The van der Waals surface area contributed by atoms with E-state index in [0.717, 1.165) is 18.4 Å². The predicted octanol–water partition coefficient (Wildman–Crippen LogP) is 6.38. The Kier molecular flexibility index (Phi) is 5.67. The van der Waals surface area contributed by atoms with E-state index in [1.54, 1.807) is 0 Å². The zero-order chi connectivity index (χ0) is 18.0. The Bertz CT molecular complexity index is 634. The van der Waals surface area contributed by atoms with E-state index in [9.17, 15) is 0 Å². The van der Waals surface area contributed by atoms with Gasteiger partial charge in [0.15, 0.2) is 8.32 Å². The highest BCUT2D eigenvalue weighted by atomic mass is 28.4. The number of rotatable bonds is 2. The van der Waals surface area contributed by atoms with Crippen LogP contribution in [0.3, 0.4) is 0 Å². The fourth-order valence-electron chi connectivity index (χ4n) is 3.02. The van der Waals surface area contributed by atoms with Gasteiger partial charge in [-0.15, -0.1) is 0 Å². The van der Waals surface area contributed by atoms with Crippen LogP contribution in [0, 0.1) is 25.7 Å². The molecule has 0 unspecified atom stereocenters. The molecule has 0 radical (unpaired) electrons. The summed E-state index contributed by atoms with van der Waals surface area (Å²) in [5, 5.41) is 0.222. The zero-order valence-electron chi connectivity index (χ0n) is 16.7. The van der Waals surface area contributed by atoms with Gasteiger partial charge in [0.2, 0.25) is 0 Å². The number of aryl methyl sites for hydroxylation is 2. The standard InChI is InChI=1S/C22H34OSi/c1-18-11-12-20(17-19(18)2)13-16-22(14-9-8-10-15-22)23-24(6,7)21(3,4)5/h11-12,17H,8-10,14-15H2,1-7H3. The molecule has 2 heteroatoms. The molecule has 0 spiro atoms. The van der Waals surface area contributed by atoms with Gasteiger partial charge in [0.05, 0.1) is 0 Å². The second kappa shape index (κ2) is 7.06. The van der Waals surface area contributed by atoms with Crippen molar-refractivity contribution in [1.82, 2.24) is 0 Å². The largest absolute Gasteiger partial charge is 0.401 e. The van der Waals surface area contributed by atoms with Crippen molar-refractivity contribution < 1.29 is 4.43 Å². The van der Waals surface area contributed by atoms with Crippen LogP contribution in [-0.4, -0.2) is 13.9 Å². The van der Waals surface area contributed by atoms with E-state index in [0.29, 0.717) is 0 Å². The van der Waals surface area contributed by atoms with E-state index in [2.05, 4.69) is 77.8 Å². The molecule has 0 amide bonds. The Morgan fingerprint density at radius 3 is 2.17 bits per heavy atom. The highest BCUT2D eigenvalue weighted by molar-refractivity contribution is 6.74. The van der Waals surface area contributed by atoms with Crippen molar-refractivity contribution in [3.63, 3.8) is 0 Å². The molecule has 1 fully saturated rings. The third-order valence-electron chi connectivity index (χ3n) is 5.86. The average Bonchev–Trinajstić information content (AvgIpc) is 2.48.